The van der Waals surface area contributed by atoms with E-state index in [0.717, 1.165) is 8.95 Å². The summed E-state index contributed by atoms with van der Waals surface area (Å²) in [5.74, 6) is 0.703. The Hall–Kier alpha value is 0.270. The van der Waals surface area contributed by atoms with Gasteiger partial charge >= 0.3 is 0 Å². The van der Waals surface area contributed by atoms with E-state index in [-0.39, 0.29) is 0 Å². The monoisotopic (exact) mass is 312 g/mol. The van der Waals surface area contributed by atoms with Crippen LogP contribution in [-0.4, -0.2) is 6.61 Å². The highest BCUT2D eigenvalue weighted by atomic mass is 79.9. The minimum absolute atomic E-state index is 0.603. The van der Waals surface area contributed by atoms with E-state index >= 15 is 0 Å². The maximum absolute atomic E-state index is 5.98. The molecule has 0 aliphatic heterocycles. The number of hydrogen-bond acceptors (Lipinski definition) is 1. The maximum Gasteiger partial charge on any atom is 0.139 e. The van der Waals surface area contributed by atoms with Gasteiger partial charge in [0.25, 0.3) is 0 Å². The lowest BCUT2D eigenvalue weighted by molar-refractivity contribution is 0.340. The fourth-order valence-electron chi connectivity index (χ4n) is 0.775. The molecular formula is C8H7Br2ClO. The summed E-state index contributed by atoms with van der Waals surface area (Å²) in [5.41, 5.74) is 0. The molecule has 0 N–H and O–H groups in total. The minimum atomic E-state index is 0.603. The molecule has 0 saturated heterocycles. The quantitative estimate of drug-likeness (QED) is 0.741. The van der Waals surface area contributed by atoms with E-state index in [2.05, 4.69) is 31.9 Å². The van der Waals surface area contributed by atoms with Gasteiger partial charge in [-0.05, 0) is 50.9 Å². The molecule has 0 fully saturated rings. The van der Waals surface area contributed by atoms with E-state index in [0.29, 0.717) is 17.4 Å². The van der Waals surface area contributed by atoms with Crippen LogP contribution in [0, 0.1) is 0 Å². The van der Waals surface area contributed by atoms with Gasteiger partial charge in [0.15, 0.2) is 0 Å². The van der Waals surface area contributed by atoms with E-state index in [1.165, 1.54) is 0 Å². The molecule has 66 valence electrons. The molecule has 0 heterocycles. The van der Waals surface area contributed by atoms with Crippen LogP contribution < -0.4 is 4.74 Å². The molecule has 0 bridgehead atoms. The Kier molecular flexibility index (Phi) is 3.87. The average molecular weight is 314 g/mol. The van der Waals surface area contributed by atoms with Crippen LogP contribution in [0.15, 0.2) is 21.1 Å². The van der Waals surface area contributed by atoms with Crippen molar-refractivity contribution < 1.29 is 4.74 Å². The van der Waals surface area contributed by atoms with Gasteiger partial charge in [-0.15, -0.1) is 0 Å². The normalized spacial score (nSPS) is 10.0. The minimum Gasteiger partial charge on any atom is -0.492 e. The fraction of sp³-hybridized carbons (Fsp3) is 0.250. The first-order valence-electron chi connectivity index (χ1n) is 3.43. The predicted octanol–water partition coefficient (Wildman–Crippen LogP) is 4.26. The average Bonchev–Trinajstić information content (AvgIpc) is 2.07. The maximum atomic E-state index is 5.98. The summed E-state index contributed by atoms with van der Waals surface area (Å²) in [7, 11) is 0. The first-order valence-corrected chi connectivity index (χ1v) is 5.39. The summed E-state index contributed by atoms with van der Waals surface area (Å²) < 4.78 is 7.05. The van der Waals surface area contributed by atoms with Crippen molar-refractivity contribution in [3.63, 3.8) is 0 Å². The fourth-order valence-corrected chi connectivity index (χ4v) is 1.77. The van der Waals surface area contributed by atoms with Gasteiger partial charge in [0, 0.05) is 4.47 Å². The molecule has 1 aromatic carbocycles. The Labute approximate surface area is 93.3 Å². The Morgan fingerprint density at radius 3 is 2.67 bits per heavy atom. The highest BCUT2D eigenvalue weighted by Gasteiger charge is 2.07. The third-order valence-corrected chi connectivity index (χ3v) is 3.92. The topological polar surface area (TPSA) is 9.23 Å². The number of ether oxygens (including phenoxy) is 1. The van der Waals surface area contributed by atoms with Crippen LogP contribution in [0.1, 0.15) is 6.92 Å². The van der Waals surface area contributed by atoms with Crippen LogP contribution in [0.4, 0.5) is 0 Å². The van der Waals surface area contributed by atoms with Gasteiger partial charge in [-0.1, -0.05) is 11.6 Å². The summed E-state index contributed by atoms with van der Waals surface area (Å²) >= 11 is 12.7. The summed E-state index contributed by atoms with van der Waals surface area (Å²) in [6.07, 6.45) is 0. The number of halogens is 3. The summed E-state index contributed by atoms with van der Waals surface area (Å²) in [6, 6.07) is 3.72. The van der Waals surface area contributed by atoms with E-state index in [4.69, 9.17) is 16.3 Å². The van der Waals surface area contributed by atoms with Crippen molar-refractivity contribution in [3.8, 4) is 5.75 Å². The lowest BCUT2D eigenvalue weighted by Gasteiger charge is -2.07. The van der Waals surface area contributed by atoms with Gasteiger partial charge in [0.05, 0.1) is 16.1 Å². The molecule has 0 aliphatic carbocycles. The summed E-state index contributed by atoms with van der Waals surface area (Å²) in [6.45, 7) is 2.54. The Morgan fingerprint density at radius 2 is 2.08 bits per heavy atom. The molecule has 0 amide bonds. The second-order valence-electron chi connectivity index (χ2n) is 2.11. The largest absolute Gasteiger partial charge is 0.492 e. The van der Waals surface area contributed by atoms with Crippen LogP contribution in [-0.2, 0) is 0 Å². The SMILES string of the molecule is CCOc1ccc(Br)c(Br)c1Cl. The van der Waals surface area contributed by atoms with Gasteiger partial charge in [-0.2, -0.15) is 0 Å². The second kappa shape index (κ2) is 4.49. The van der Waals surface area contributed by atoms with Crippen molar-refractivity contribution in [1.29, 1.82) is 0 Å². The van der Waals surface area contributed by atoms with Gasteiger partial charge in [-0.3, -0.25) is 0 Å². The van der Waals surface area contributed by atoms with Gasteiger partial charge in [0.1, 0.15) is 5.75 Å². The van der Waals surface area contributed by atoms with Crippen molar-refractivity contribution >= 4 is 43.5 Å². The second-order valence-corrected chi connectivity index (χ2v) is 4.13. The molecule has 0 radical (unpaired) electrons. The molecule has 0 spiro atoms. The smallest absolute Gasteiger partial charge is 0.139 e. The van der Waals surface area contributed by atoms with E-state index in [1.807, 2.05) is 19.1 Å². The van der Waals surface area contributed by atoms with Gasteiger partial charge < -0.3 is 4.74 Å². The lowest BCUT2D eigenvalue weighted by atomic mass is 10.3. The third-order valence-electron chi connectivity index (χ3n) is 1.30. The molecule has 0 atom stereocenters. The molecule has 1 rings (SSSR count). The van der Waals surface area contributed by atoms with Crippen molar-refractivity contribution in [1.82, 2.24) is 0 Å². The number of hydrogen-bond donors (Lipinski definition) is 0. The predicted molar refractivity (Wildman–Crippen MR) is 58.0 cm³/mol. The molecule has 1 aromatic rings. The van der Waals surface area contributed by atoms with Crippen molar-refractivity contribution in [2.75, 3.05) is 6.61 Å². The Balaban J connectivity index is 3.08. The Morgan fingerprint density at radius 1 is 1.42 bits per heavy atom. The van der Waals surface area contributed by atoms with Crippen LogP contribution >= 0.6 is 43.5 Å². The summed E-state index contributed by atoms with van der Waals surface area (Å²) in [4.78, 5) is 0. The van der Waals surface area contributed by atoms with E-state index < -0.39 is 0 Å². The van der Waals surface area contributed by atoms with Gasteiger partial charge in [-0.25, -0.2) is 0 Å². The number of benzene rings is 1. The van der Waals surface area contributed by atoms with Crippen LogP contribution in [0.2, 0.25) is 5.02 Å². The highest BCUT2D eigenvalue weighted by molar-refractivity contribution is 9.13. The molecular weight excluding hydrogens is 307 g/mol. The van der Waals surface area contributed by atoms with Crippen molar-refractivity contribution in [2.45, 2.75) is 6.92 Å². The zero-order valence-electron chi connectivity index (χ0n) is 6.40. The zero-order chi connectivity index (χ0) is 9.14. The van der Waals surface area contributed by atoms with Crippen molar-refractivity contribution in [3.05, 3.63) is 26.1 Å². The lowest BCUT2D eigenvalue weighted by Crippen LogP contribution is -1.92. The molecule has 0 aliphatic rings. The molecule has 1 nitrogen and oxygen atoms in total. The third kappa shape index (κ3) is 2.15. The first-order chi connectivity index (χ1) is 5.66. The highest BCUT2D eigenvalue weighted by Crippen LogP contribution is 2.37. The van der Waals surface area contributed by atoms with Crippen LogP contribution in [0.25, 0.3) is 0 Å². The zero-order valence-corrected chi connectivity index (χ0v) is 10.3. The van der Waals surface area contributed by atoms with E-state index in [1.54, 1.807) is 0 Å². The van der Waals surface area contributed by atoms with Crippen molar-refractivity contribution in [2.24, 2.45) is 0 Å². The standard InChI is InChI=1S/C8H7Br2ClO/c1-2-12-6-4-3-5(9)7(10)8(6)11/h3-4H,2H2,1H3. The molecule has 0 aromatic heterocycles. The van der Waals surface area contributed by atoms with Crippen LogP contribution in [0.5, 0.6) is 5.75 Å². The Bertz CT molecular complexity index is 289. The number of rotatable bonds is 2. The molecule has 4 heteroatoms. The first kappa shape index (κ1) is 10.4. The molecule has 0 unspecified atom stereocenters. The van der Waals surface area contributed by atoms with E-state index in [9.17, 15) is 0 Å². The van der Waals surface area contributed by atoms with Crippen LogP contribution in [0.3, 0.4) is 0 Å². The summed E-state index contributed by atoms with van der Waals surface area (Å²) in [5, 5.41) is 0.603. The molecule has 12 heavy (non-hydrogen) atoms. The van der Waals surface area contributed by atoms with Gasteiger partial charge in [0.2, 0.25) is 0 Å². The molecule has 0 saturated carbocycles.